The number of aliphatic hydroxyl groups excluding tert-OH is 1. The van der Waals surface area contributed by atoms with Gasteiger partial charge in [-0.2, -0.15) is 0 Å². The predicted molar refractivity (Wildman–Crippen MR) is 61.8 cm³/mol. The van der Waals surface area contributed by atoms with Gasteiger partial charge in [0.15, 0.2) is 0 Å². The molecule has 0 spiro atoms. The van der Waals surface area contributed by atoms with Gasteiger partial charge in [0.2, 0.25) is 0 Å². The van der Waals surface area contributed by atoms with Crippen LogP contribution in [0.3, 0.4) is 0 Å². The van der Waals surface area contributed by atoms with Crippen molar-refractivity contribution < 1.29 is 5.11 Å². The van der Waals surface area contributed by atoms with Crippen LogP contribution in [-0.4, -0.2) is 47.8 Å². The van der Waals surface area contributed by atoms with Gasteiger partial charge in [-0.15, -0.1) is 0 Å². The van der Waals surface area contributed by atoms with Crippen molar-refractivity contribution >= 4 is 0 Å². The van der Waals surface area contributed by atoms with Crippen molar-refractivity contribution in [3.05, 3.63) is 0 Å². The Morgan fingerprint density at radius 1 is 1.40 bits per heavy atom. The Balaban J connectivity index is 1.79. The lowest BCUT2D eigenvalue weighted by Gasteiger charge is -2.31. The van der Waals surface area contributed by atoms with Crippen LogP contribution in [0.2, 0.25) is 0 Å². The van der Waals surface area contributed by atoms with Crippen molar-refractivity contribution in [2.24, 2.45) is 5.92 Å². The lowest BCUT2D eigenvalue weighted by Crippen LogP contribution is -2.48. The van der Waals surface area contributed by atoms with Crippen molar-refractivity contribution in [2.75, 3.05) is 19.7 Å². The highest BCUT2D eigenvalue weighted by Crippen LogP contribution is 2.37. The van der Waals surface area contributed by atoms with E-state index >= 15 is 0 Å². The van der Waals surface area contributed by atoms with E-state index in [2.05, 4.69) is 24.1 Å². The Bertz CT molecular complexity index is 208. The first-order chi connectivity index (χ1) is 7.19. The van der Waals surface area contributed by atoms with Gasteiger partial charge < -0.3 is 10.4 Å². The molecular weight excluding hydrogens is 188 g/mol. The lowest BCUT2D eigenvalue weighted by molar-refractivity contribution is 0.150. The topological polar surface area (TPSA) is 35.5 Å². The quantitative estimate of drug-likeness (QED) is 0.708. The molecule has 3 unspecified atom stereocenters. The van der Waals surface area contributed by atoms with Gasteiger partial charge in [0.05, 0.1) is 6.61 Å². The second-order valence-electron chi connectivity index (χ2n) is 5.49. The molecule has 0 aromatic carbocycles. The fourth-order valence-electron chi connectivity index (χ4n) is 3.17. The van der Waals surface area contributed by atoms with Crippen LogP contribution in [0.5, 0.6) is 0 Å². The smallest absolute Gasteiger partial charge is 0.0597 e. The van der Waals surface area contributed by atoms with Gasteiger partial charge in [-0.05, 0) is 25.2 Å². The molecule has 0 aromatic heterocycles. The molecule has 1 aliphatic heterocycles. The van der Waals surface area contributed by atoms with Crippen LogP contribution in [0.15, 0.2) is 0 Å². The van der Waals surface area contributed by atoms with E-state index in [4.69, 9.17) is 0 Å². The minimum absolute atomic E-state index is 0.254. The number of piperidine rings is 1. The van der Waals surface area contributed by atoms with Crippen LogP contribution >= 0.6 is 0 Å². The molecule has 1 aliphatic carbocycles. The van der Waals surface area contributed by atoms with Gasteiger partial charge in [0.1, 0.15) is 0 Å². The van der Waals surface area contributed by atoms with E-state index in [0.29, 0.717) is 6.04 Å². The maximum absolute atomic E-state index is 9.32. The van der Waals surface area contributed by atoms with Gasteiger partial charge in [-0.3, -0.25) is 4.90 Å². The number of fused-ring (bicyclic) bond motifs is 2. The van der Waals surface area contributed by atoms with E-state index < -0.39 is 0 Å². The zero-order chi connectivity index (χ0) is 10.8. The molecule has 15 heavy (non-hydrogen) atoms. The average molecular weight is 212 g/mol. The maximum Gasteiger partial charge on any atom is 0.0597 e. The number of hydrogen-bond acceptors (Lipinski definition) is 3. The molecule has 1 heterocycles. The van der Waals surface area contributed by atoms with Crippen LogP contribution in [-0.2, 0) is 0 Å². The van der Waals surface area contributed by atoms with E-state index in [1.807, 2.05) is 0 Å². The molecular formula is C12H24N2O. The average Bonchev–Trinajstić information content (AvgIpc) is 2.77. The van der Waals surface area contributed by atoms with E-state index in [0.717, 1.165) is 18.5 Å². The summed E-state index contributed by atoms with van der Waals surface area (Å²) in [5.74, 6) is 0.952. The van der Waals surface area contributed by atoms with Crippen molar-refractivity contribution in [2.45, 2.75) is 51.2 Å². The lowest BCUT2D eigenvalue weighted by atomic mass is 10.1. The third-order valence-electron chi connectivity index (χ3n) is 3.77. The van der Waals surface area contributed by atoms with Crippen molar-refractivity contribution in [1.29, 1.82) is 0 Å². The number of hydrogen-bond donors (Lipinski definition) is 2. The molecule has 3 atom stereocenters. The third kappa shape index (κ3) is 2.71. The summed E-state index contributed by atoms with van der Waals surface area (Å²) in [5.41, 5.74) is 0. The van der Waals surface area contributed by atoms with Crippen molar-refractivity contribution in [3.8, 4) is 0 Å². The fraction of sp³-hybridized carbons (Fsp3) is 1.00. The second kappa shape index (κ2) is 4.81. The van der Waals surface area contributed by atoms with Crippen LogP contribution in [0.1, 0.15) is 33.1 Å². The van der Waals surface area contributed by atoms with Gasteiger partial charge >= 0.3 is 0 Å². The minimum Gasteiger partial charge on any atom is -0.395 e. The third-order valence-corrected chi connectivity index (χ3v) is 3.77. The van der Waals surface area contributed by atoms with Crippen LogP contribution < -0.4 is 5.32 Å². The number of aliphatic hydroxyl groups is 1. The monoisotopic (exact) mass is 212 g/mol. The standard InChI is InChI=1S/C12H24N2O/c1-9(2)13-11(8-15)7-14-6-10-3-4-12(14)5-10/h9-13,15H,3-8H2,1-2H3. The SMILES string of the molecule is CC(C)NC(CO)CN1CC2CCC1C2. The minimum atomic E-state index is 0.254. The normalized spacial score (nSPS) is 32.8. The van der Waals surface area contributed by atoms with E-state index in [9.17, 15) is 5.11 Å². The predicted octanol–water partition coefficient (Wildman–Crippen LogP) is 0.830. The highest BCUT2D eigenvalue weighted by molar-refractivity contribution is 4.93. The van der Waals surface area contributed by atoms with Gasteiger partial charge in [-0.25, -0.2) is 0 Å². The summed E-state index contributed by atoms with van der Waals surface area (Å²) in [6.45, 7) is 6.82. The molecule has 0 radical (unpaired) electrons. The zero-order valence-corrected chi connectivity index (χ0v) is 9.95. The first kappa shape index (κ1) is 11.4. The van der Waals surface area contributed by atoms with E-state index in [1.54, 1.807) is 0 Å². The Hall–Kier alpha value is -0.120. The number of rotatable bonds is 5. The first-order valence-electron chi connectivity index (χ1n) is 6.30. The molecule has 3 heteroatoms. The molecule has 1 saturated carbocycles. The Morgan fingerprint density at radius 3 is 2.67 bits per heavy atom. The molecule has 88 valence electrons. The Kier molecular flexibility index (Phi) is 3.65. The summed E-state index contributed by atoms with van der Waals surface area (Å²) in [5, 5.41) is 12.7. The highest BCUT2D eigenvalue weighted by atomic mass is 16.3. The van der Waals surface area contributed by atoms with Gasteiger partial charge in [-0.1, -0.05) is 13.8 Å². The van der Waals surface area contributed by atoms with Crippen molar-refractivity contribution in [3.63, 3.8) is 0 Å². The fourth-order valence-corrected chi connectivity index (χ4v) is 3.17. The summed E-state index contributed by atoms with van der Waals surface area (Å²) in [4.78, 5) is 2.57. The Morgan fingerprint density at radius 2 is 2.20 bits per heavy atom. The first-order valence-corrected chi connectivity index (χ1v) is 6.30. The zero-order valence-electron chi connectivity index (χ0n) is 9.95. The van der Waals surface area contributed by atoms with Gasteiger partial charge in [0.25, 0.3) is 0 Å². The number of likely N-dealkylation sites (tertiary alicyclic amines) is 1. The molecule has 0 amide bonds. The largest absolute Gasteiger partial charge is 0.395 e. The molecule has 2 bridgehead atoms. The number of nitrogens with zero attached hydrogens (tertiary/aromatic N) is 1. The van der Waals surface area contributed by atoms with E-state index in [1.165, 1.54) is 25.8 Å². The molecule has 2 N–H and O–H groups in total. The van der Waals surface area contributed by atoms with Crippen LogP contribution in [0.25, 0.3) is 0 Å². The summed E-state index contributed by atoms with van der Waals surface area (Å²) in [6, 6.07) is 1.53. The van der Waals surface area contributed by atoms with Crippen molar-refractivity contribution in [1.82, 2.24) is 10.2 Å². The second-order valence-corrected chi connectivity index (χ2v) is 5.49. The molecule has 0 aromatic rings. The van der Waals surface area contributed by atoms with E-state index in [-0.39, 0.29) is 12.6 Å². The summed E-state index contributed by atoms with van der Waals surface area (Å²) in [7, 11) is 0. The highest BCUT2D eigenvalue weighted by Gasteiger charge is 2.38. The molecule has 3 nitrogen and oxygen atoms in total. The molecule has 1 saturated heterocycles. The number of nitrogens with one attached hydrogen (secondary N) is 1. The van der Waals surface area contributed by atoms with Crippen LogP contribution in [0.4, 0.5) is 0 Å². The maximum atomic E-state index is 9.32. The molecule has 2 rings (SSSR count). The summed E-state index contributed by atoms with van der Waals surface area (Å²) < 4.78 is 0. The Labute approximate surface area is 92.8 Å². The molecule has 2 aliphatic rings. The molecule has 2 fully saturated rings. The summed E-state index contributed by atoms with van der Waals surface area (Å²) >= 11 is 0. The summed E-state index contributed by atoms with van der Waals surface area (Å²) in [6.07, 6.45) is 4.22. The van der Waals surface area contributed by atoms with Gasteiger partial charge in [0, 0.05) is 31.2 Å². The van der Waals surface area contributed by atoms with Crippen LogP contribution in [0, 0.1) is 5.92 Å².